The highest BCUT2D eigenvalue weighted by molar-refractivity contribution is 5.64. The minimum Gasteiger partial charge on any atom is -0.491 e. The Labute approximate surface area is 175 Å². The number of nitrogens with zero attached hydrogens (tertiary/aromatic N) is 3. The van der Waals surface area contributed by atoms with Crippen LogP contribution in [-0.4, -0.2) is 32.0 Å². The van der Waals surface area contributed by atoms with Crippen LogP contribution in [0.4, 0.5) is 0 Å². The molecule has 1 atom stereocenters. The molecule has 0 aliphatic rings. The van der Waals surface area contributed by atoms with Crippen LogP contribution in [-0.2, 0) is 13.0 Å². The average molecular weight is 403 g/mol. The molecule has 4 aromatic rings. The standard InChI is InChI=1S/C24H25N3O3/c1-3-18-9-11-21(12-10-18)30-16-20(28)15-26-17(2)13-24(29)27-23(26)14-22(25-27)19-7-5-4-6-8-19/h4-14,20,28H,3,15-16H2,1-2H3/t20-/m1/s1. The van der Waals surface area contributed by atoms with Gasteiger partial charge in [0.15, 0.2) is 0 Å². The molecular formula is C24H25N3O3. The van der Waals surface area contributed by atoms with Gasteiger partial charge in [-0.05, 0) is 31.0 Å². The summed E-state index contributed by atoms with van der Waals surface area (Å²) < 4.78 is 9.02. The molecule has 6 nitrogen and oxygen atoms in total. The maximum absolute atomic E-state index is 12.4. The highest BCUT2D eigenvalue weighted by atomic mass is 16.5. The number of rotatable bonds is 7. The number of ether oxygens (including phenoxy) is 1. The van der Waals surface area contributed by atoms with Gasteiger partial charge >= 0.3 is 0 Å². The SMILES string of the molecule is CCc1ccc(OC[C@H](O)Cn2c(C)cc(=O)n3nc(-c4ccccc4)cc23)cc1. The van der Waals surface area contributed by atoms with E-state index in [1.54, 1.807) is 0 Å². The predicted molar refractivity (Wildman–Crippen MR) is 117 cm³/mol. The van der Waals surface area contributed by atoms with Gasteiger partial charge in [-0.25, -0.2) is 0 Å². The summed E-state index contributed by atoms with van der Waals surface area (Å²) in [5.41, 5.74) is 4.10. The molecular weight excluding hydrogens is 378 g/mol. The molecule has 0 amide bonds. The van der Waals surface area contributed by atoms with E-state index in [1.165, 1.54) is 16.1 Å². The van der Waals surface area contributed by atoms with Gasteiger partial charge < -0.3 is 14.4 Å². The van der Waals surface area contributed by atoms with Crippen molar-refractivity contribution in [2.45, 2.75) is 32.9 Å². The fraction of sp³-hybridized carbons (Fsp3) is 0.250. The number of aromatic nitrogens is 3. The second kappa shape index (κ2) is 8.55. The average Bonchev–Trinajstić information content (AvgIpc) is 3.22. The lowest BCUT2D eigenvalue weighted by Gasteiger charge is -2.17. The summed E-state index contributed by atoms with van der Waals surface area (Å²) in [6.07, 6.45) is 0.233. The Balaban J connectivity index is 1.56. The van der Waals surface area contributed by atoms with E-state index in [4.69, 9.17) is 4.74 Å². The van der Waals surface area contributed by atoms with E-state index in [2.05, 4.69) is 12.0 Å². The third kappa shape index (κ3) is 4.14. The van der Waals surface area contributed by atoms with Crippen LogP contribution in [0.2, 0.25) is 0 Å². The highest BCUT2D eigenvalue weighted by Gasteiger charge is 2.15. The first-order valence-electron chi connectivity index (χ1n) is 10.1. The van der Waals surface area contributed by atoms with Crippen LogP contribution in [0.15, 0.2) is 71.5 Å². The second-order valence-corrected chi connectivity index (χ2v) is 7.36. The first-order valence-corrected chi connectivity index (χ1v) is 10.1. The maximum Gasteiger partial charge on any atom is 0.274 e. The number of hydrogen-bond acceptors (Lipinski definition) is 4. The van der Waals surface area contributed by atoms with Crippen LogP contribution in [0.3, 0.4) is 0 Å². The van der Waals surface area contributed by atoms with Crippen LogP contribution in [0.1, 0.15) is 18.2 Å². The van der Waals surface area contributed by atoms with E-state index in [9.17, 15) is 9.90 Å². The lowest BCUT2D eigenvalue weighted by atomic mass is 10.1. The zero-order chi connectivity index (χ0) is 21.1. The van der Waals surface area contributed by atoms with Crippen molar-refractivity contribution in [2.24, 2.45) is 0 Å². The van der Waals surface area contributed by atoms with Crippen molar-refractivity contribution in [3.05, 3.63) is 88.3 Å². The van der Waals surface area contributed by atoms with E-state index in [-0.39, 0.29) is 12.2 Å². The van der Waals surface area contributed by atoms with Crippen LogP contribution in [0.25, 0.3) is 16.9 Å². The molecule has 2 aromatic carbocycles. The molecule has 1 N–H and O–H groups in total. The van der Waals surface area contributed by atoms with Gasteiger partial charge in [-0.1, -0.05) is 49.4 Å². The van der Waals surface area contributed by atoms with Crippen molar-refractivity contribution in [2.75, 3.05) is 6.61 Å². The number of benzene rings is 2. The van der Waals surface area contributed by atoms with Crippen LogP contribution < -0.4 is 10.3 Å². The second-order valence-electron chi connectivity index (χ2n) is 7.36. The highest BCUT2D eigenvalue weighted by Crippen LogP contribution is 2.20. The number of aliphatic hydroxyl groups excluding tert-OH is 1. The fourth-order valence-electron chi connectivity index (χ4n) is 3.49. The van der Waals surface area contributed by atoms with Crippen LogP contribution in [0.5, 0.6) is 5.75 Å². The molecule has 0 fully saturated rings. The number of aliphatic hydroxyl groups is 1. The molecule has 30 heavy (non-hydrogen) atoms. The summed E-state index contributed by atoms with van der Waals surface area (Å²) in [5, 5.41) is 15.1. The van der Waals surface area contributed by atoms with Gasteiger partial charge in [0.1, 0.15) is 24.1 Å². The summed E-state index contributed by atoms with van der Waals surface area (Å²) in [4.78, 5) is 12.4. The molecule has 0 saturated heterocycles. The van der Waals surface area contributed by atoms with E-state index in [1.807, 2.05) is 72.2 Å². The lowest BCUT2D eigenvalue weighted by molar-refractivity contribution is 0.0926. The van der Waals surface area contributed by atoms with Crippen molar-refractivity contribution in [3.63, 3.8) is 0 Å². The van der Waals surface area contributed by atoms with Gasteiger partial charge in [-0.3, -0.25) is 4.79 Å². The molecule has 0 saturated carbocycles. The summed E-state index contributed by atoms with van der Waals surface area (Å²) in [5.74, 6) is 0.726. The number of aryl methyl sites for hydroxylation is 2. The third-order valence-corrected chi connectivity index (χ3v) is 5.17. The Morgan fingerprint density at radius 3 is 2.50 bits per heavy atom. The van der Waals surface area contributed by atoms with E-state index < -0.39 is 6.10 Å². The molecule has 154 valence electrons. The van der Waals surface area contributed by atoms with Gasteiger partial charge in [0.25, 0.3) is 5.56 Å². The number of fused-ring (bicyclic) bond motifs is 1. The predicted octanol–water partition coefficient (Wildman–Crippen LogP) is 3.47. The minimum absolute atomic E-state index is 0.156. The van der Waals surface area contributed by atoms with Crippen molar-refractivity contribution in [1.29, 1.82) is 0 Å². The van der Waals surface area contributed by atoms with Crippen molar-refractivity contribution in [1.82, 2.24) is 14.2 Å². The Kier molecular flexibility index (Phi) is 5.68. The quantitative estimate of drug-likeness (QED) is 0.513. The first-order chi connectivity index (χ1) is 14.5. The van der Waals surface area contributed by atoms with Crippen molar-refractivity contribution < 1.29 is 9.84 Å². The van der Waals surface area contributed by atoms with Gasteiger partial charge in [-0.2, -0.15) is 9.61 Å². The lowest BCUT2D eigenvalue weighted by Crippen LogP contribution is -2.27. The zero-order valence-corrected chi connectivity index (χ0v) is 17.2. The molecule has 0 radical (unpaired) electrons. The van der Waals surface area contributed by atoms with Crippen molar-refractivity contribution >= 4 is 5.65 Å². The molecule has 0 aliphatic carbocycles. The summed E-state index contributed by atoms with van der Waals surface area (Å²) >= 11 is 0. The molecule has 0 bridgehead atoms. The molecule has 0 aliphatic heterocycles. The van der Waals surface area contributed by atoms with E-state index in [0.29, 0.717) is 17.9 Å². The van der Waals surface area contributed by atoms with Gasteiger partial charge in [0.2, 0.25) is 0 Å². The van der Waals surface area contributed by atoms with Gasteiger partial charge in [0, 0.05) is 23.4 Å². The fourth-order valence-corrected chi connectivity index (χ4v) is 3.49. The Morgan fingerprint density at radius 2 is 1.80 bits per heavy atom. The summed E-state index contributed by atoms with van der Waals surface area (Å²) in [7, 11) is 0. The Hall–Kier alpha value is -3.38. The van der Waals surface area contributed by atoms with E-state index >= 15 is 0 Å². The Morgan fingerprint density at radius 1 is 1.07 bits per heavy atom. The molecule has 0 unspecified atom stereocenters. The number of hydrogen-bond donors (Lipinski definition) is 1. The summed E-state index contributed by atoms with van der Waals surface area (Å²) in [6, 6.07) is 21.0. The molecule has 4 rings (SSSR count). The largest absolute Gasteiger partial charge is 0.491 e. The van der Waals surface area contributed by atoms with Crippen molar-refractivity contribution in [3.8, 4) is 17.0 Å². The third-order valence-electron chi connectivity index (χ3n) is 5.17. The monoisotopic (exact) mass is 403 g/mol. The van der Waals surface area contributed by atoms with Gasteiger partial charge in [0.05, 0.1) is 12.2 Å². The molecule has 2 heterocycles. The smallest absolute Gasteiger partial charge is 0.274 e. The molecule has 0 spiro atoms. The topological polar surface area (TPSA) is 68.8 Å². The normalized spacial score (nSPS) is 12.2. The van der Waals surface area contributed by atoms with E-state index in [0.717, 1.165) is 23.4 Å². The zero-order valence-electron chi connectivity index (χ0n) is 17.2. The van der Waals surface area contributed by atoms with Crippen LogP contribution >= 0.6 is 0 Å². The summed E-state index contributed by atoms with van der Waals surface area (Å²) in [6.45, 7) is 4.41. The maximum atomic E-state index is 12.4. The molecule has 6 heteroatoms. The van der Waals surface area contributed by atoms with Gasteiger partial charge in [-0.15, -0.1) is 0 Å². The first kappa shape index (κ1) is 19.9. The Bertz CT molecular complexity index is 1190. The minimum atomic E-state index is -0.740. The van der Waals surface area contributed by atoms with Crippen LogP contribution in [0, 0.1) is 6.92 Å². The molecule has 2 aromatic heterocycles.